The number of rotatable bonds is 4. The highest BCUT2D eigenvalue weighted by Crippen LogP contribution is 2.24. The molecule has 0 fully saturated rings. The topological polar surface area (TPSA) is 57.5 Å². The summed E-state index contributed by atoms with van der Waals surface area (Å²) in [5, 5.41) is 19.2. The Bertz CT molecular complexity index is 243. The molecule has 3 nitrogen and oxygen atoms in total. The lowest BCUT2D eigenvalue weighted by Gasteiger charge is -2.06. The van der Waals surface area contributed by atoms with Crippen molar-refractivity contribution in [3.8, 4) is 0 Å². The first-order valence-corrected chi connectivity index (χ1v) is 4.50. The van der Waals surface area contributed by atoms with Crippen LogP contribution in [0.15, 0.2) is 17.5 Å². The van der Waals surface area contributed by atoms with Crippen LogP contribution in [-0.4, -0.2) is 22.8 Å². The van der Waals surface area contributed by atoms with E-state index in [1.165, 1.54) is 11.3 Å². The zero-order chi connectivity index (χ0) is 8.97. The number of carboxylic acids is 1. The van der Waals surface area contributed by atoms with E-state index in [4.69, 9.17) is 10.2 Å². The second kappa shape index (κ2) is 4.23. The quantitative estimate of drug-likeness (QED) is 0.745. The molecule has 0 aromatic carbocycles. The molecule has 1 heterocycles. The molecule has 2 N–H and O–H groups in total. The van der Waals surface area contributed by atoms with Crippen molar-refractivity contribution in [3.05, 3.63) is 22.4 Å². The van der Waals surface area contributed by atoms with E-state index < -0.39 is 11.9 Å². The first kappa shape index (κ1) is 9.22. The van der Waals surface area contributed by atoms with Crippen molar-refractivity contribution in [1.29, 1.82) is 0 Å². The molecule has 1 rings (SSSR count). The molecule has 1 unspecified atom stereocenters. The van der Waals surface area contributed by atoms with E-state index in [1.54, 1.807) is 6.07 Å². The third-order valence-corrected chi connectivity index (χ3v) is 2.59. The van der Waals surface area contributed by atoms with Gasteiger partial charge in [-0.2, -0.15) is 0 Å². The Morgan fingerprint density at radius 3 is 2.83 bits per heavy atom. The minimum absolute atomic E-state index is 0.0884. The summed E-state index contributed by atoms with van der Waals surface area (Å²) in [5.41, 5.74) is 0. The van der Waals surface area contributed by atoms with Crippen molar-refractivity contribution in [2.24, 2.45) is 0 Å². The smallest absolute Gasteiger partial charge is 0.311 e. The van der Waals surface area contributed by atoms with Crippen LogP contribution in [0.1, 0.15) is 17.2 Å². The second-order valence-corrected chi connectivity index (χ2v) is 3.40. The van der Waals surface area contributed by atoms with Gasteiger partial charge in [0.1, 0.15) is 0 Å². The van der Waals surface area contributed by atoms with Crippen molar-refractivity contribution >= 4 is 17.3 Å². The fourth-order valence-electron chi connectivity index (χ4n) is 1.01. The maximum absolute atomic E-state index is 10.7. The summed E-state index contributed by atoms with van der Waals surface area (Å²) < 4.78 is 0. The molecule has 4 heteroatoms. The van der Waals surface area contributed by atoms with Gasteiger partial charge in [0.15, 0.2) is 0 Å². The Labute approximate surface area is 74.3 Å². The maximum Gasteiger partial charge on any atom is 0.311 e. The maximum atomic E-state index is 10.7. The zero-order valence-corrected chi connectivity index (χ0v) is 7.25. The van der Waals surface area contributed by atoms with Crippen LogP contribution in [-0.2, 0) is 4.79 Å². The number of aliphatic hydroxyl groups excluding tert-OH is 1. The van der Waals surface area contributed by atoms with Gasteiger partial charge >= 0.3 is 5.97 Å². The Kier molecular flexibility index (Phi) is 3.25. The first-order valence-electron chi connectivity index (χ1n) is 3.62. The summed E-state index contributed by atoms with van der Waals surface area (Å²) in [7, 11) is 0. The van der Waals surface area contributed by atoms with Crippen LogP contribution >= 0.6 is 11.3 Å². The standard InChI is InChI=1S/C8H10O3S/c9-4-3-6(8(10)11)7-2-1-5-12-7/h1-2,5-6,9H,3-4H2,(H,10,11). The van der Waals surface area contributed by atoms with Crippen LogP contribution in [0.3, 0.4) is 0 Å². The lowest BCUT2D eigenvalue weighted by atomic mass is 10.1. The molecule has 0 aliphatic rings. The zero-order valence-electron chi connectivity index (χ0n) is 6.43. The first-order chi connectivity index (χ1) is 5.75. The summed E-state index contributed by atoms with van der Waals surface area (Å²) in [6.45, 7) is -0.0884. The molecule has 0 bridgehead atoms. The molecule has 0 aliphatic heterocycles. The Morgan fingerprint density at radius 1 is 1.67 bits per heavy atom. The van der Waals surface area contributed by atoms with Gasteiger partial charge in [-0.25, -0.2) is 0 Å². The second-order valence-electron chi connectivity index (χ2n) is 2.42. The van der Waals surface area contributed by atoms with E-state index in [0.717, 1.165) is 4.88 Å². The van der Waals surface area contributed by atoms with Crippen molar-refractivity contribution < 1.29 is 15.0 Å². The summed E-state index contributed by atoms with van der Waals surface area (Å²) in [6, 6.07) is 3.59. The van der Waals surface area contributed by atoms with Gasteiger partial charge in [0.25, 0.3) is 0 Å². The number of aliphatic carboxylic acids is 1. The molecule has 1 aromatic rings. The molecule has 12 heavy (non-hydrogen) atoms. The monoisotopic (exact) mass is 186 g/mol. The SMILES string of the molecule is O=C(O)C(CCO)c1cccs1. The highest BCUT2D eigenvalue weighted by molar-refractivity contribution is 7.10. The van der Waals surface area contributed by atoms with E-state index >= 15 is 0 Å². The van der Waals surface area contributed by atoms with Crippen LogP contribution in [0, 0.1) is 0 Å². The van der Waals surface area contributed by atoms with Gasteiger partial charge in [0.2, 0.25) is 0 Å². The average molecular weight is 186 g/mol. The predicted octanol–water partition coefficient (Wildman–Crippen LogP) is 1.30. The van der Waals surface area contributed by atoms with E-state index in [0.29, 0.717) is 0 Å². The molecule has 66 valence electrons. The van der Waals surface area contributed by atoms with E-state index in [-0.39, 0.29) is 13.0 Å². The molecule has 1 atom stereocenters. The van der Waals surface area contributed by atoms with Gasteiger partial charge in [-0.3, -0.25) is 4.79 Å². The molecule has 0 spiro atoms. The molecule has 0 saturated heterocycles. The van der Waals surface area contributed by atoms with Gasteiger partial charge < -0.3 is 10.2 Å². The Balaban J connectivity index is 2.73. The summed E-state index contributed by atoms with van der Waals surface area (Å²) in [5.74, 6) is -1.42. The molecule has 1 aromatic heterocycles. The minimum atomic E-state index is -0.869. The Morgan fingerprint density at radius 2 is 2.42 bits per heavy atom. The van der Waals surface area contributed by atoms with Crippen LogP contribution in [0.4, 0.5) is 0 Å². The van der Waals surface area contributed by atoms with E-state index in [9.17, 15) is 4.79 Å². The number of hydrogen-bond acceptors (Lipinski definition) is 3. The van der Waals surface area contributed by atoms with Crippen LogP contribution < -0.4 is 0 Å². The minimum Gasteiger partial charge on any atom is -0.481 e. The lowest BCUT2D eigenvalue weighted by Crippen LogP contribution is -2.11. The van der Waals surface area contributed by atoms with E-state index in [1.807, 2.05) is 11.4 Å². The van der Waals surface area contributed by atoms with Gasteiger partial charge in [-0.05, 0) is 17.9 Å². The largest absolute Gasteiger partial charge is 0.481 e. The molecular formula is C8H10O3S. The summed E-state index contributed by atoms with van der Waals surface area (Å²) in [4.78, 5) is 11.5. The lowest BCUT2D eigenvalue weighted by molar-refractivity contribution is -0.139. The predicted molar refractivity (Wildman–Crippen MR) is 46.4 cm³/mol. The van der Waals surface area contributed by atoms with Gasteiger partial charge in [0, 0.05) is 11.5 Å². The number of aliphatic hydroxyl groups is 1. The molecule has 0 aliphatic carbocycles. The van der Waals surface area contributed by atoms with Gasteiger partial charge in [0.05, 0.1) is 5.92 Å². The molecule has 0 saturated carbocycles. The van der Waals surface area contributed by atoms with Crippen molar-refractivity contribution in [2.45, 2.75) is 12.3 Å². The van der Waals surface area contributed by atoms with Crippen molar-refractivity contribution in [2.75, 3.05) is 6.61 Å². The van der Waals surface area contributed by atoms with Crippen LogP contribution in [0.25, 0.3) is 0 Å². The van der Waals surface area contributed by atoms with Crippen molar-refractivity contribution in [3.63, 3.8) is 0 Å². The highest BCUT2D eigenvalue weighted by Gasteiger charge is 2.19. The normalized spacial score (nSPS) is 12.8. The molecule has 0 amide bonds. The van der Waals surface area contributed by atoms with Gasteiger partial charge in [-0.15, -0.1) is 11.3 Å². The number of carboxylic acid groups (broad SMARTS) is 1. The van der Waals surface area contributed by atoms with Crippen LogP contribution in [0.5, 0.6) is 0 Å². The number of thiophene rings is 1. The van der Waals surface area contributed by atoms with Gasteiger partial charge in [-0.1, -0.05) is 6.07 Å². The highest BCUT2D eigenvalue weighted by atomic mass is 32.1. The van der Waals surface area contributed by atoms with Crippen LogP contribution in [0.2, 0.25) is 0 Å². The molecular weight excluding hydrogens is 176 g/mol. The Hall–Kier alpha value is -0.870. The van der Waals surface area contributed by atoms with E-state index in [2.05, 4.69) is 0 Å². The number of carbonyl (C=O) groups is 1. The molecule has 0 radical (unpaired) electrons. The fourth-order valence-corrected chi connectivity index (χ4v) is 1.86. The fraction of sp³-hybridized carbons (Fsp3) is 0.375. The average Bonchev–Trinajstić information content (AvgIpc) is 2.51. The number of hydrogen-bond donors (Lipinski definition) is 2. The third-order valence-electron chi connectivity index (χ3n) is 1.60. The third kappa shape index (κ3) is 2.06. The van der Waals surface area contributed by atoms with Crippen molar-refractivity contribution in [1.82, 2.24) is 0 Å². The summed E-state index contributed by atoms with van der Waals surface area (Å²) in [6.07, 6.45) is 0.288. The summed E-state index contributed by atoms with van der Waals surface area (Å²) >= 11 is 1.41.